The van der Waals surface area contributed by atoms with Crippen LogP contribution in [0.4, 0.5) is 5.69 Å². The van der Waals surface area contributed by atoms with Crippen molar-refractivity contribution in [3.05, 3.63) is 83.4 Å². The van der Waals surface area contributed by atoms with Gasteiger partial charge in [0.05, 0.1) is 28.5 Å². The van der Waals surface area contributed by atoms with Gasteiger partial charge in [-0.05, 0) is 38.5 Å². The van der Waals surface area contributed by atoms with Crippen molar-refractivity contribution in [3.63, 3.8) is 0 Å². The van der Waals surface area contributed by atoms with Crippen LogP contribution < -0.4 is 5.32 Å². The Bertz CT molecular complexity index is 1200. The smallest absolute Gasteiger partial charge is 0.234 e. The van der Waals surface area contributed by atoms with E-state index in [1.54, 1.807) is 0 Å². The second-order valence-corrected chi connectivity index (χ2v) is 8.38. The Kier molecular flexibility index (Phi) is 6.70. The van der Waals surface area contributed by atoms with Gasteiger partial charge in [0, 0.05) is 13.0 Å². The van der Waals surface area contributed by atoms with Crippen LogP contribution in [0, 0.1) is 13.8 Å². The zero-order valence-corrected chi connectivity index (χ0v) is 19.3. The van der Waals surface area contributed by atoms with Crippen molar-refractivity contribution in [3.8, 4) is 5.69 Å². The molecule has 4 rings (SSSR count). The van der Waals surface area contributed by atoms with Crippen LogP contribution in [-0.4, -0.2) is 36.2 Å². The van der Waals surface area contributed by atoms with Crippen molar-refractivity contribution in [1.29, 1.82) is 0 Å². The summed E-state index contributed by atoms with van der Waals surface area (Å²) >= 11 is 1.40. The Morgan fingerprint density at radius 1 is 1.00 bits per heavy atom. The summed E-state index contributed by atoms with van der Waals surface area (Å²) in [6, 6.07) is 20.1. The van der Waals surface area contributed by atoms with E-state index in [9.17, 15) is 4.79 Å². The molecule has 0 atom stereocenters. The largest absolute Gasteiger partial charge is 0.322 e. The third-order valence-electron chi connectivity index (χ3n) is 5.20. The Labute approximate surface area is 191 Å². The summed E-state index contributed by atoms with van der Waals surface area (Å²) < 4.78 is 3.91. The minimum Gasteiger partial charge on any atom is -0.322 e. The molecular weight excluding hydrogens is 420 g/mol. The van der Waals surface area contributed by atoms with Crippen molar-refractivity contribution in [2.24, 2.45) is 0 Å². The molecule has 2 aromatic carbocycles. The van der Waals surface area contributed by atoms with E-state index >= 15 is 0 Å². The molecule has 8 heteroatoms. The first-order valence-electron chi connectivity index (χ1n) is 10.6. The Hall–Kier alpha value is -3.39. The van der Waals surface area contributed by atoms with Crippen molar-refractivity contribution < 1.29 is 4.79 Å². The van der Waals surface area contributed by atoms with E-state index in [1.807, 2.05) is 67.1 Å². The average Bonchev–Trinajstić information content (AvgIpc) is 3.33. The summed E-state index contributed by atoms with van der Waals surface area (Å²) in [4.78, 5) is 12.7. The lowest BCUT2D eigenvalue weighted by Gasteiger charge is -2.09. The molecule has 2 heterocycles. The number of rotatable bonds is 8. The fraction of sp³-hybridized carbons (Fsp3) is 0.250. The first-order valence-corrected chi connectivity index (χ1v) is 11.6. The second kappa shape index (κ2) is 9.82. The highest BCUT2D eigenvalue weighted by molar-refractivity contribution is 7.99. The molecule has 32 heavy (non-hydrogen) atoms. The number of thioether (sulfide) groups is 1. The number of amides is 1. The van der Waals surface area contributed by atoms with Gasteiger partial charge in [-0.1, -0.05) is 60.3 Å². The molecule has 0 fully saturated rings. The molecule has 0 aliphatic heterocycles. The number of para-hydroxylation sites is 1. The zero-order chi connectivity index (χ0) is 22.5. The molecule has 0 radical (unpaired) electrons. The average molecular weight is 447 g/mol. The first kappa shape index (κ1) is 21.8. The maximum atomic E-state index is 12.7. The van der Waals surface area contributed by atoms with Crippen LogP contribution in [0.2, 0.25) is 0 Å². The molecule has 0 aliphatic carbocycles. The van der Waals surface area contributed by atoms with E-state index in [0.717, 1.165) is 40.3 Å². The molecule has 1 amide bonds. The van der Waals surface area contributed by atoms with Crippen LogP contribution in [0.5, 0.6) is 0 Å². The van der Waals surface area contributed by atoms with Crippen LogP contribution in [0.15, 0.2) is 65.8 Å². The van der Waals surface area contributed by atoms with Gasteiger partial charge in [0.25, 0.3) is 0 Å². The minimum atomic E-state index is -0.0934. The van der Waals surface area contributed by atoms with Gasteiger partial charge in [0.1, 0.15) is 5.82 Å². The monoisotopic (exact) mass is 446 g/mol. The topological polar surface area (TPSA) is 77.6 Å². The molecule has 1 N–H and O–H groups in total. The lowest BCUT2D eigenvalue weighted by Crippen LogP contribution is -2.16. The zero-order valence-electron chi connectivity index (χ0n) is 18.4. The number of aryl methyl sites for hydroxylation is 1. The number of aromatic nitrogens is 5. The van der Waals surface area contributed by atoms with Crippen LogP contribution in [-0.2, 0) is 17.8 Å². The third kappa shape index (κ3) is 4.75. The number of hydrogen-bond acceptors (Lipinski definition) is 5. The van der Waals surface area contributed by atoms with Crippen molar-refractivity contribution in [2.45, 2.75) is 38.9 Å². The highest BCUT2D eigenvalue weighted by atomic mass is 32.2. The van der Waals surface area contributed by atoms with E-state index in [1.165, 1.54) is 17.3 Å². The van der Waals surface area contributed by atoms with Crippen LogP contribution in [0.25, 0.3) is 5.69 Å². The van der Waals surface area contributed by atoms with Gasteiger partial charge in [0.15, 0.2) is 5.16 Å². The maximum absolute atomic E-state index is 12.7. The Morgan fingerprint density at radius 2 is 1.69 bits per heavy atom. The molecular formula is C24H26N6OS. The molecule has 0 bridgehead atoms. The van der Waals surface area contributed by atoms with E-state index in [0.29, 0.717) is 6.42 Å². The van der Waals surface area contributed by atoms with Gasteiger partial charge in [0.2, 0.25) is 5.91 Å². The number of anilines is 1. The highest BCUT2D eigenvalue weighted by Crippen LogP contribution is 2.24. The Balaban J connectivity index is 1.42. The van der Waals surface area contributed by atoms with E-state index in [2.05, 4.69) is 44.2 Å². The van der Waals surface area contributed by atoms with Gasteiger partial charge >= 0.3 is 0 Å². The minimum absolute atomic E-state index is 0.0934. The molecule has 7 nitrogen and oxygen atoms in total. The van der Waals surface area contributed by atoms with Crippen molar-refractivity contribution in [2.75, 3.05) is 11.1 Å². The fourth-order valence-electron chi connectivity index (χ4n) is 3.60. The summed E-state index contributed by atoms with van der Waals surface area (Å²) in [5.41, 5.74) is 4.58. The van der Waals surface area contributed by atoms with Gasteiger partial charge in [-0.2, -0.15) is 5.10 Å². The number of carbonyl (C=O) groups is 1. The number of nitrogens with zero attached hydrogens (tertiary/aromatic N) is 5. The van der Waals surface area contributed by atoms with Gasteiger partial charge < -0.3 is 9.88 Å². The summed E-state index contributed by atoms with van der Waals surface area (Å²) in [5.74, 6) is 1.06. The molecule has 0 spiro atoms. The number of hydrogen-bond donors (Lipinski definition) is 1. The fourth-order valence-corrected chi connectivity index (χ4v) is 4.42. The SMILES string of the molecule is CCn1c(Cc2ccccc2)nnc1SCC(=O)Nc1c(C)nn(-c2ccccc2)c1C. The van der Waals surface area contributed by atoms with Crippen LogP contribution in [0.1, 0.15) is 29.7 Å². The lowest BCUT2D eigenvalue weighted by molar-refractivity contribution is -0.113. The molecule has 164 valence electrons. The molecule has 0 aliphatic rings. The second-order valence-electron chi connectivity index (χ2n) is 7.44. The highest BCUT2D eigenvalue weighted by Gasteiger charge is 2.17. The van der Waals surface area contributed by atoms with E-state index in [-0.39, 0.29) is 11.7 Å². The number of nitrogens with one attached hydrogen (secondary N) is 1. The third-order valence-corrected chi connectivity index (χ3v) is 6.17. The van der Waals surface area contributed by atoms with Crippen LogP contribution in [0.3, 0.4) is 0 Å². The summed E-state index contributed by atoms with van der Waals surface area (Å²) in [6.45, 7) is 6.67. The first-order chi connectivity index (χ1) is 15.6. The quantitative estimate of drug-likeness (QED) is 0.405. The van der Waals surface area contributed by atoms with Gasteiger partial charge in [-0.15, -0.1) is 10.2 Å². The Morgan fingerprint density at radius 3 is 2.38 bits per heavy atom. The van der Waals surface area contributed by atoms with Crippen molar-refractivity contribution in [1.82, 2.24) is 24.5 Å². The standard InChI is InChI=1S/C24H26N6OS/c1-4-29-21(15-19-11-7-5-8-12-19)26-27-24(29)32-16-22(31)25-23-17(2)28-30(18(23)3)20-13-9-6-10-14-20/h5-14H,4,15-16H2,1-3H3,(H,25,31). The normalized spacial score (nSPS) is 11.0. The van der Waals surface area contributed by atoms with Gasteiger partial charge in [-0.25, -0.2) is 4.68 Å². The van der Waals surface area contributed by atoms with Crippen LogP contribution >= 0.6 is 11.8 Å². The molecule has 0 saturated carbocycles. The predicted molar refractivity (Wildman–Crippen MR) is 127 cm³/mol. The number of benzene rings is 2. The van der Waals surface area contributed by atoms with E-state index in [4.69, 9.17) is 0 Å². The lowest BCUT2D eigenvalue weighted by atomic mass is 10.1. The van der Waals surface area contributed by atoms with Crippen molar-refractivity contribution >= 4 is 23.4 Å². The predicted octanol–water partition coefficient (Wildman–Crippen LogP) is 4.42. The summed E-state index contributed by atoms with van der Waals surface area (Å²) in [5, 5.41) is 17.0. The molecule has 4 aromatic rings. The maximum Gasteiger partial charge on any atom is 0.234 e. The van der Waals surface area contributed by atoms with E-state index < -0.39 is 0 Å². The summed E-state index contributed by atoms with van der Waals surface area (Å²) in [7, 11) is 0. The molecule has 0 unspecified atom stereocenters. The number of carbonyl (C=O) groups excluding carboxylic acids is 1. The molecule has 0 saturated heterocycles. The molecule has 2 aromatic heterocycles. The van der Waals surface area contributed by atoms with Gasteiger partial charge in [-0.3, -0.25) is 4.79 Å². The summed E-state index contributed by atoms with van der Waals surface area (Å²) in [6.07, 6.45) is 0.714.